The molecule has 0 aliphatic carbocycles. The van der Waals surface area contributed by atoms with Gasteiger partial charge in [-0.3, -0.25) is 4.98 Å². The normalized spacial score (nSPS) is 12.5. The van der Waals surface area contributed by atoms with Crippen molar-refractivity contribution >= 4 is 21.8 Å². The molecule has 0 spiro atoms. The first-order chi connectivity index (χ1) is 15.6. The highest BCUT2D eigenvalue weighted by molar-refractivity contribution is 6.08. The Kier molecular flexibility index (Phi) is 4.78. The van der Waals surface area contributed by atoms with Gasteiger partial charge in [-0.1, -0.05) is 69.3 Å². The van der Waals surface area contributed by atoms with Crippen molar-refractivity contribution in [1.82, 2.24) is 14.8 Å². The van der Waals surface area contributed by atoms with Gasteiger partial charge in [-0.05, 0) is 35.2 Å². The van der Waals surface area contributed by atoms with Gasteiger partial charge in [-0.2, -0.15) is 18.3 Å². The molecule has 0 radical (unpaired) electrons. The highest BCUT2D eigenvalue weighted by Crippen LogP contribution is 2.36. The molecule has 33 heavy (non-hydrogen) atoms. The largest absolute Gasteiger partial charge is 0.416 e. The van der Waals surface area contributed by atoms with Gasteiger partial charge in [0.2, 0.25) is 0 Å². The lowest BCUT2D eigenvalue weighted by molar-refractivity contribution is -0.137. The van der Waals surface area contributed by atoms with Gasteiger partial charge in [0.25, 0.3) is 0 Å². The molecule has 166 valence electrons. The summed E-state index contributed by atoms with van der Waals surface area (Å²) in [5.41, 5.74) is 3.98. The maximum atomic E-state index is 13.3. The molecule has 0 aliphatic heterocycles. The molecule has 0 bridgehead atoms. The van der Waals surface area contributed by atoms with E-state index in [1.807, 2.05) is 42.5 Å². The number of fused-ring (bicyclic) bond motifs is 3. The summed E-state index contributed by atoms with van der Waals surface area (Å²) in [5.74, 6) is 0. The number of rotatable bonds is 2. The molecule has 0 saturated heterocycles. The molecule has 5 rings (SSSR count). The summed E-state index contributed by atoms with van der Waals surface area (Å²) in [6.45, 7) is 6.45. The SMILES string of the molecule is CC(C)(C)c1ccc(-n2nc(-c3ccccc3)c3cnc4cc(C(F)(F)F)ccc4c32)cc1. The summed E-state index contributed by atoms with van der Waals surface area (Å²) < 4.78 is 41.7. The van der Waals surface area contributed by atoms with Crippen LogP contribution in [-0.2, 0) is 11.6 Å². The van der Waals surface area contributed by atoms with Gasteiger partial charge in [0.1, 0.15) is 5.69 Å². The average molecular weight is 445 g/mol. The molecule has 6 heteroatoms. The fourth-order valence-corrected chi connectivity index (χ4v) is 4.06. The van der Waals surface area contributed by atoms with Gasteiger partial charge in [0.05, 0.1) is 22.3 Å². The molecule has 0 unspecified atom stereocenters. The summed E-state index contributed by atoms with van der Waals surface area (Å²) in [4.78, 5) is 4.37. The minimum atomic E-state index is -4.43. The number of aromatic nitrogens is 3. The number of benzene rings is 3. The molecule has 5 aromatic rings. The number of pyridine rings is 1. The van der Waals surface area contributed by atoms with E-state index in [1.54, 1.807) is 10.9 Å². The number of halogens is 3. The first-order valence-electron chi connectivity index (χ1n) is 10.7. The van der Waals surface area contributed by atoms with Crippen LogP contribution in [0.1, 0.15) is 31.9 Å². The van der Waals surface area contributed by atoms with Crippen LogP contribution in [-0.4, -0.2) is 14.8 Å². The molecule has 0 N–H and O–H groups in total. The van der Waals surface area contributed by atoms with E-state index in [-0.39, 0.29) is 10.9 Å². The Balaban J connectivity index is 1.80. The van der Waals surface area contributed by atoms with E-state index < -0.39 is 11.7 Å². The minimum Gasteiger partial charge on any atom is -0.255 e. The molecule has 0 aliphatic rings. The summed E-state index contributed by atoms with van der Waals surface area (Å²) in [5, 5.41) is 6.30. The van der Waals surface area contributed by atoms with Gasteiger partial charge < -0.3 is 0 Å². The van der Waals surface area contributed by atoms with Crippen molar-refractivity contribution < 1.29 is 13.2 Å². The van der Waals surface area contributed by atoms with Crippen LogP contribution in [0.15, 0.2) is 79.0 Å². The third kappa shape index (κ3) is 3.75. The predicted octanol–water partition coefficient (Wildman–Crippen LogP) is 7.56. The quantitative estimate of drug-likeness (QED) is 0.281. The Morgan fingerprint density at radius 2 is 1.42 bits per heavy atom. The first kappa shape index (κ1) is 21.2. The number of hydrogen-bond acceptors (Lipinski definition) is 2. The van der Waals surface area contributed by atoms with Crippen molar-refractivity contribution in [3.63, 3.8) is 0 Å². The molecule has 2 aromatic heterocycles. The van der Waals surface area contributed by atoms with E-state index in [0.717, 1.165) is 40.0 Å². The van der Waals surface area contributed by atoms with Crippen LogP contribution < -0.4 is 0 Å². The summed E-state index contributed by atoms with van der Waals surface area (Å²) in [6, 6.07) is 21.5. The highest BCUT2D eigenvalue weighted by Gasteiger charge is 2.31. The van der Waals surface area contributed by atoms with Crippen molar-refractivity contribution in [2.75, 3.05) is 0 Å². The average Bonchev–Trinajstić information content (AvgIpc) is 3.18. The minimum absolute atomic E-state index is 0.00449. The molecule has 0 amide bonds. The van der Waals surface area contributed by atoms with Crippen LogP contribution >= 0.6 is 0 Å². The second-order valence-corrected chi connectivity index (χ2v) is 9.17. The smallest absolute Gasteiger partial charge is 0.255 e. The zero-order valence-corrected chi connectivity index (χ0v) is 18.5. The van der Waals surface area contributed by atoms with E-state index >= 15 is 0 Å². The zero-order valence-electron chi connectivity index (χ0n) is 18.5. The number of alkyl halides is 3. The summed E-state index contributed by atoms with van der Waals surface area (Å²) in [6.07, 6.45) is -2.81. The lowest BCUT2D eigenvalue weighted by Crippen LogP contribution is -2.11. The van der Waals surface area contributed by atoms with Crippen LogP contribution in [0.25, 0.3) is 38.8 Å². The van der Waals surface area contributed by atoms with Crippen LogP contribution in [0.2, 0.25) is 0 Å². The maximum absolute atomic E-state index is 13.3. The summed E-state index contributed by atoms with van der Waals surface area (Å²) in [7, 11) is 0. The van der Waals surface area contributed by atoms with Crippen molar-refractivity contribution in [1.29, 1.82) is 0 Å². The Bertz CT molecular complexity index is 1460. The monoisotopic (exact) mass is 445 g/mol. The molecule has 3 nitrogen and oxygen atoms in total. The van der Waals surface area contributed by atoms with Crippen molar-refractivity contribution in [3.05, 3.63) is 90.1 Å². The Hall–Kier alpha value is -3.67. The lowest BCUT2D eigenvalue weighted by Gasteiger charge is -2.19. The van der Waals surface area contributed by atoms with E-state index in [9.17, 15) is 13.2 Å². The van der Waals surface area contributed by atoms with E-state index in [2.05, 4.69) is 37.9 Å². The highest BCUT2D eigenvalue weighted by atomic mass is 19.4. The lowest BCUT2D eigenvalue weighted by atomic mass is 9.87. The molecule has 0 saturated carbocycles. The summed E-state index contributed by atoms with van der Waals surface area (Å²) >= 11 is 0. The third-order valence-electron chi connectivity index (χ3n) is 5.86. The van der Waals surface area contributed by atoms with Gasteiger partial charge in [-0.25, -0.2) is 4.68 Å². The Morgan fingerprint density at radius 3 is 2.06 bits per heavy atom. The Labute approximate surface area is 189 Å². The third-order valence-corrected chi connectivity index (χ3v) is 5.86. The van der Waals surface area contributed by atoms with Crippen molar-refractivity contribution in [2.45, 2.75) is 32.4 Å². The molecule has 2 heterocycles. The van der Waals surface area contributed by atoms with Gasteiger partial charge >= 0.3 is 6.18 Å². The molecule has 0 fully saturated rings. The predicted molar refractivity (Wildman–Crippen MR) is 126 cm³/mol. The van der Waals surface area contributed by atoms with E-state index in [4.69, 9.17) is 5.10 Å². The number of nitrogens with zero attached hydrogens (tertiary/aromatic N) is 3. The second kappa shape index (κ2) is 7.44. The molecule has 0 atom stereocenters. The fourth-order valence-electron chi connectivity index (χ4n) is 4.06. The van der Waals surface area contributed by atoms with Crippen molar-refractivity contribution in [2.24, 2.45) is 0 Å². The molecular formula is C27H22F3N3. The number of hydrogen-bond donors (Lipinski definition) is 0. The van der Waals surface area contributed by atoms with E-state index in [1.165, 1.54) is 11.6 Å². The first-order valence-corrected chi connectivity index (χ1v) is 10.7. The molecular weight excluding hydrogens is 423 g/mol. The molecule has 3 aromatic carbocycles. The van der Waals surface area contributed by atoms with Crippen molar-refractivity contribution in [3.8, 4) is 16.9 Å². The van der Waals surface area contributed by atoms with E-state index in [0.29, 0.717) is 5.39 Å². The zero-order chi connectivity index (χ0) is 23.4. The fraction of sp³-hybridized carbons (Fsp3) is 0.185. The van der Waals surface area contributed by atoms with Crippen LogP contribution in [0.4, 0.5) is 13.2 Å². The van der Waals surface area contributed by atoms with Crippen LogP contribution in [0.5, 0.6) is 0 Å². The van der Waals surface area contributed by atoms with Gasteiger partial charge in [0, 0.05) is 22.5 Å². The maximum Gasteiger partial charge on any atom is 0.416 e. The van der Waals surface area contributed by atoms with Crippen LogP contribution in [0, 0.1) is 0 Å². The van der Waals surface area contributed by atoms with Crippen LogP contribution in [0.3, 0.4) is 0 Å². The standard InChI is InChI=1S/C27H22F3N3/c1-26(2,3)18-9-12-20(13-10-18)33-25-21-14-11-19(27(28,29)30)15-23(21)31-16-22(25)24(32-33)17-7-5-4-6-8-17/h4-16H,1-3H3. The van der Waals surface area contributed by atoms with Gasteiger partial charge in [0.15, 0.2) is 0 Å². The second-order valence-electron chi connectivity index (χ2n) is 9.17. The van der Waals surface area contributed by atoms with Gasteiger partial charge in [-0.15, -0.1) is 0 Å². The topological polar surface area (TPSA) is 30.7 Å². The Morgan fingerprint density at radius 1 is 0.758 bits per heavy atom.